The monoisotopic (exact) mass is 403 g/mol. The van der Waals surface area contributed by atoms with Crippen molar-refractivity contribution in [3.63, 3.8) is 0 Å². The van der Waals surface area contributed by atoms with E-state index >= 15 is 0 Å². The van der Waals surface area contributed by atoms with Crippen LogP contribution in [0.5, 0.6) is 5.75 Å². The van der Waals surface area contributed by atoms with Crippen LogP contribution < -0.4 is 10.1 Å². The third-order valence-corrected chi connectivity index (χ3v) is 5.42. The van der Waals surface area contributed by atoms with Crippen LogP contribution in [-0.2, 0) is 23.1 Å². The van der Waals surface area contributed by atoms with Crippen LogP contribution in [0.15, 0.2) is 70.0 Å². The van der Waals surface area contributed by atoms with E-state index in [0.29, 0.717) is 22.2 Å². The number of rotatable bonds is 7. The van der Waals surface area contributed by atoms with Crippen LogP contribution in [0.1, 0.15) is 21.9 Å². The van der Waals surface area contributed by atoms with Gasteiger partial charge in [-0.2, -0.15) is 0 Å². The van der Waals surface area contributed by atoms with Crippen LogP contribution in [0.2, 0.25) is 5.02 Å². The van der Waals surface area contributed by atoms with Crippen molar-refractivity contribution >= 4 is 28.3 Å². The maximum atomic E-state index is 12.4. The Bertz CT molecular complexity index is 953. The topological polar surface area (TPSA) is 68.5 Å². The predicted molar refractivity (Wildman–Crippen MR) is 104 cm³/mol. The summed E-state index contributed by atoms with van der Waals surface area (Å²) in [4.78, 5) is 12.9. The molecule has 3 rings (SSSR count). The molecular formula is C20H18ClNO4S. The molecule has 1 N–H and O–H groups in total. The molecule has 1 atom stereocenters. The molecule has 0 radical (unpaired) electrons. The Morgan fingerprint density at radius 2 is 1.93 bits per heavy atom. The van der Waals surface area contributed by atoms with Crippen molar-refractivity contribution in [3.8, 4) is 5.75 Å². The molecule has 0 aliphatic carbocycles. The van der Waals surface area contributed by atoms with Crippen LogP contribution in [0.3, 0.4) is 0 Å². The number of ether oxygens (including phenoxy) is 1. The number of hydrogen-bond acceptors (Lipinski definition) is 4. The van der Waals surface area contributed by atoms with Gasteiger partial charge in [0.15, 0.2) is 5.76 Å². The second-order valence-corrected chi connectivity index (χ2v) is 7.63. The van der Waals surface area contributed by atoms with Crippen molar-refractivity contribution in [3.05, 3.63) is 82.8 Å². The lowest BCUT2D eigenvalue weighted by atomic mass is 10.2. The summed E-state index contributed by atoms with van der Waals surface area (Å²) in [6.45, 7) is 0.350. The Balaban J connectivity index is 1.58. The van der Waals surface area contributed by atoms with Gasteiger partial charge in [0.05, 0.1) is 23.7 Å². The van der Waals surface area contributed by atoms with Crippen molar-refractivity contribution in [2.75, 3.05) is 7.11 Å². The number of furan rings is 1. The molecule has 0 saturated heterocycles. The molecule has 0 spiro atoms. The minimum absolute atomic E-state index is 0.181. The maximum Gasteiger partial charge on any atom is 0.287 e. The van der Waals surface area contributed by atoms with E-state index < -0.39 is 10.8 Å². The predicted octanol–water partition coefficient (Wildman–Crippen LogP) is 4.18. The van der Waals surface area contributed by atoms with E-state index in [1.807, 2.05) is 24.3 Å². The largest absolute Gasteiger partial charge is 0.497 e. The molecule has 7 heteroatoms. The van der Waals surface area contributed by atoms with Crippen LogP contribution >= 0.6 is 11.6 Å². The molecule has 0 fully saturated rings. The zero-order chi connectivity index (χ0) is 19.2. The summed E-state index contributed by atoms with van der Waals surface area (Å²) in [6.07, 6.45) is 0. The van der Waals surface area contributed by atoms with Gasteiger partial charge in [-0.3, -0.25) is 9.00 Å². The number of carbonyl (C=O) groups is 1. The maximum absolute atomic E-state index is 12.4. The molecule has 1 aromatic heterocycles. The first kappa shape index (κ1) is 19.2. The van der Waals surface area contributed by atoms with Crippen LogP contribution in [0.25, 0.3) is 0 Å². The molecule has 1 unspecified atom stereocenters. The summed E-state index contributed by atoms with van der Waals surface area (Å²) in [5.41, 5.74) is 0.915. The summed E-state index contributed by atoms with van der Waals surface area (Å²) >= 11 is 5.84. The number of halogens is 1. The van der Waals surface area contributed by atoms with Crippen molar-refractivity contribution in [2.45, 2.75) is 17.2 Å². The molecule has 0 aliphatic rings. The minimum atomic E-state index is -1.28. The SMILES string of the molecule is COc1cccc(CNC(=O)c2ccc(CS(=O)c3ccc(Cl)cc3)o2)c1. The number of nitrogens with one attached hydrogen (secondary N) is 1. The van der Waals surface area contributed by atoms with Crippen LogP contribution in [0.4, 0.5) is 0 Å². The van der Waals surface area contributed by atoms with E-state index in [4.69, 9.17) is 20.8 Å². The van der Waals surface area contributed by atoms with E-state index in [9.17, 15) is 9.00 Å². The molecule has 1 heterocycles. The quantitative estimate of drug-likeness (QED) is 0.642. The first-order valence-corrected chi connectivity index (χ1v) is 9.88. The molecule has 140 valence electrons. The molecule has 3 aromatic rings. The van der Waals surface area contributed by atoms with E-state index in [0.717, 1.165) is 11.3 Å². The van der Waals surface area contributed by atoms with E-state index in [-0.39, 0.29) is 17.4 Å². The highest BCUT2D eigenvalue weighted by Gasteiger charge is 2.13. The molecule has 0 bridgehead atoms. The fraction of sp³-hybridized carbons (Fsp3) is 0.150. The van der Waals surface area contributed by atoms with Gasteiger partial charge in [-0.1, -0.05) is 23.7 Å². The third-order valence-electron chi connectivity index (χ3n) is 3.82. The summed E-state index contributed by atoms with van der Waals surface area (Å²) in [5, 5.41) is 3.38. The summed E-state index contributed by atoms with van der Waals surface area (Å²) < 4.78 is 23.1. The number of hydrogen-bond donors (Lipinski definition) is 1. The summed E-state index contributed by atoms with van der Waals surface area (Å²) in [6, 6.07) is 17.5. The number of benzene rings is 2. The highest BCUT2D eigenvalue weighted by atomic mass is 35.5. The van der Waals surface area contributed by atoms with Crippen molar-refractivity contribution in [1.82, 2.24) is 5.32 Å². The number of methoxy groups -OCH3 is 1. The summed E-state index contributed by atoms with van der Waals surface area (Å²) in [5.74, 6) is 1.24. The molecule has 0 aliphatic heterocycles. The van der Waals surface area contributed by atoms with Crippen LogP contribution in [0, 0.1) is 0 Å². The lowest BCUT2D eigenvalue weighted by Crippen LogP contribution is -2.22. The lowest BCUT2D eigenvalue weighted by Gasteiger charge is -2.05. The Kier molecular flexibility index (Phi) is 6.32. The molecular weight excluding hydrogens is 386 g/mol. The highest BCUT2D eigenvalue weighted by molar-refractivity contribution is 7.84. The number of amides is 1. The fourth-order valence-corrected chi connectivity index (χ4v) is 3.57. The highest BCUT2D eigenvalue weighted by Crippen LogP contribution is 2.18. The van der Waals surface area contributed by atoms with Gasteiger partial charge in [0.2, 0.25) is 0 Å². The third kappa shape index (κ3) is 5.21. The Morgan fingerprint density at radius 1 is 1.15 bits per heavy atom. The van der Waals surface area contributed by atoms with Crippen molar-refractivity contribution in [2.24, 2.45) is 0 Å². The molecule has 27 heavy (non-hydrogen) atoms. The van der Waals surface area contributed by atoms with Gasteiger partial charge < -0.3 is 14.5 Å². The Hall–Kier alpha value is -2.57. The van der Waals surface area contributed by atoms with Crippen molar-refractivity contribution < 1.29 is 18.2 Å². The van der Waals surface area contributed by atoms with Gasteiger partial charge in [0, 0.05) is 16.5 Å². The second-order valence-electron chi connectivity index (χ2n) is 5.74. The lowest BCUT2D eigenvalue weighted by molar-refractivity contribution is 0.0921. The Morgan fingerprint density at radius 3 is 2.67 bits per heavy atom. The van der Waals surface area contributed by atoms with Gasteiger partial charge in [0.25, 0.3) is 5.91 Å². The zero-order valence-electron chi connectivity index (χ0n) is 14.6. The zero-order valence-corrected chi connectivity index (χ0v) is 16.2. The second kappa shape index (κ2) is 8.88. The molecule has 2 aromatic carbocycles. The van der Waals surface area contributed by atoms with E-state index in [1.54, 1.807) is 43.5 Å². The first-order chi connectivity index (χ1) is 13.0. The molecule has 5 nitrogen and oxygen atoms in total. The van der Waals surface area contributed by atoms with Gasteiger partial charge >= 0.3 is 0 Å². The smallest absolute Gasteiger partial charge is 0.287 e. The van der Waals surface area contributed by atoms with Gasteiger partial charge in [0.1, 0.15) is 11.5 Å². The fourth-order valence-electron chi connectivity index (χ4n) is 2.43. The van der Waals surface area contributed by atoms with Crippen LogP contribution in [-0.4, -0.2) is 17.2 Å². The van der Waals surface area contributed by atoms with Gasteiger partial charge in [-0.05, 0) is 54.1 Å². The average Bonchev–Trinajstić information content (AvgIpc) is 3.15. The van der Waals surface area contributed by atoms with E-state index in [1.165, 1.54) is 0 Å². The average molecular weight is 404 g/mol. The Labute approximate surface area is 164 Å². The normalized spacial score (nSPS) is 11.8. The first-order valence-electron chi connectivity index (χ1n) is 8.19. The molecule has 0 saturated carbocycles. The summed E-state index contributed by atoms with van der Waals surface area (Å²) in [7, 11) is 0.316. The van der Waals surface area contributed by atoms with Gasteiger partial charge in [-0.25, -0.2) is 0 Å². The standard InChI is InChI=1S/C20H18ClNO4S/c1-25-16-4-2-3-14(11-16)12-22-20(23)19-10-7-17(26-19)13-27(24)18-8-5-15(21)6-9-18/h2-11H,12-13H2,1H3,(H,22,23). The minimum Gasteiger partial charge on any atom is -0.497 e. The number of carbonyl (C=O) groups excluding carboxylic acids is 1. The van der Waals surface area contributed by atoms with E-state index in [2.05, 4.69) is 5.32 Å². The van der Waals surface area contributed by atoms with Gasteiger partial charge in [-0.15, -0.1) is 0 Å². The van der Waals surface area contributed by atoms with Crippen molar-refractivity contribution in [1.29, 1.82) is 0 Å². The molecule has 1 amide bonds.